The van der Waals surface area contributed by atoms with Crippen LogP contribution in [0.15, 0.2) is 73.1 Å². The predicted molar refractivity (Wildman–Crippen MR) is 100.0 cm³/mol. The molecule has 4 nitrogen and oxygen atoms in total. The minimum Gasteiger partial charge on any atom is -0.321 e. The molecule has 0 saturated carbocycles. The molecule has 1 N–H and O–H groups in total. The zero-order valence-corrected chi connectivity index (χ0v) is 14.2. The van der Waals surface area contributed by atoms with E-state index >= 15 is 0 Å². The second kappa shape index (κ2) is 6.61. The lowest BCUT2D eigenvalue weighted by Gasteiger charge is -2.04. The van der Waals surface area contributed by atoms with E-state index in [-0.39, 0.29) is 17.4 Å². The molecule has 0 aliphatic heterocycles. The number of imidazole rings is 1. The molecule has 128 valence electrons. The van der Waals surface area contributed by atoms with E-state index in [2.05, 4.69) is 10.3 Å². The molecule has 1 amide bonds. The first-order chi connectivity index (χ1) is 12.6. The number of amides is 1. The minimum absolute atomic E-state index is 0.269. The Labute approximate surface area is 153 Å². The third-order valence-electron chi connectivity index (χ3n) is 3.97. The van der Waals surface area contributed by atoms with Gasteiger partial charge in [0.2, 0.25) is 0 Å². The Kier molecular flexibility index (Phi) is 4.14. The van der Waals surface area contributed by atoms with Crippen molar-refractivity contribution < 1.29 is 9.18 Å². The van der Waals surface area contributed by atoms with Crippen LogP contribution in [0.5, 0.6) is 0 Å². The maximum Gasteiger partial charge on any atom is 0.275 e. The predicted octanol–water partition coefficient (Wildman–Crippen LogP) is 5.05. The number of carbonyl (C=O) groups is 1. The van der Waals surface area contributed by atoms with E-state index in [4.69, 9.17) is 11.6 Å². The Morgan fingerprint density at radius 1 is 1.00 bits per heavy atom. The van der Waals surface area contributed by atoms with Gasteiger partial charge in [-0.15, -0.1) is 0 Å². The van der Waals surface area contributed by atoms with Gasteiger partial charge in [0.1, 0.15) is 17.2 Å². The number of fused-ring (bicyclic) bond motifs is 1. The smallest absolute Gasteiger partial charge is 0.275 e. The maximum absolute atomic E-state index is 13.0. The number of nitrogens with one attached hydrogen (secondary N) is 1. The van der Waals surface area contributed by atoms with Crippen LogP contribution in [-0.2, 0) is 0 Å². The SMILES string of the molecule is O=C(Nc1ccc(F)cc1)c1cn2cc(-c3ccccc3Cl)ccc2n1. The Morgan fingerprint density at radius 3 is 2.54 bits per heavy atom. The lowest BCUT2D eigenvalue weighted by molar-refractivity contribution is 0.102. The molecule has 0 spiro atoms. The molecule has 0 aliphatic carbocycles. The Bertz CT molecular complexity index is 1110. The van der Waals surface area contributed by atoms with Crippen LogP contribution >= 0.6 is 11.6 Å². The third kappa shape index (κ3) is 3.17. The second-order valence-corrected chi connectivity index (χ2v) is 6.16. The Hall–Kier alpha value is -3.18. The topological polar surface area (TPSA) is 46.4 Å². The summed E-state index contributed by atoms with van der Waals surface area (Å²) in [6.45, 7) is 0. The summed E-state index contributed by atoms with van der Waals surface area (Å²) in [5, 5.41) is 3.35. The number of rotatable bonds is 3. The number of halogens is 2. The number of nitrogens with zero attached hydrogens (tertiary/aromatic N) is 2. The van der Waals surface area contributed by atoms with Crippen LogP contribution < -0.4 is 5.32 Å². The van der Waals surface area contributed by atoms with Gasteiger partial charge in [-0.2, -0.15) is 0 Å². The average molecular weight is 366 g/mol. The third-order valence-corrected chi connectivity index (χ3v) is 4.30. The molecule has 2 aromatic heterocycles. The summed E-state index contributed by atoms with van der Waals surface area (Å²) in [6.07, 6.45) is 3.52. The lowest BCUT2D eigenvalue weighted by Crippen LogP contribution is -2.12. The van der Waals surface area contributed by atoms with Crippen LogP contribution in [0.4, 0.5) is 10.1 Å². The number of hydrogen-bond acceptors (Lipinski definition) is 2. The minimum atomic E-state index is -0.361. The van der Waals surface area contributed by atoms with Crippen LogP contribution in [0, 0.1) is 5.82 Å². The van der Waals surface area contributed by atoms with E-state index in [1.54, 1.807) is 10.6 Å². The molecule has 26 heavy (non-hydrogen) atoms. The van der Waals surface area contributed by atoms with E-state index < -0.39 is 0 Å². The first-order valence-corrected chi connectivity index (χ1v) is 8.28. The van der Waals surface area contributed by atoms with Crippen molar-refractivity contribution in [2.24, 2.45) is 0 Å². The molecule has 2 heterocycles. The summed E-state index contributed by atoms with van der Waals surface area (Å²) in [4.78, 5) is 16.7. The van der Waals surface area contributed by atoms with E-state index in [1.807, 2.05) is 42.6 Å². The molecular formula is C20H13ClFN3O. The highest BCUT2D eigenvalue weighted by molar-refractivity contribution is 6.33. The van der Waals surface area contributed by atoms with E-state index in [0.29, 0.717) is 16.4 Å². The van der Waals surface area contributed by atoms with Gasteiger partial charge in [-0.1, -0.05) is 29.8 Å². The number of pyridine rings is 1. The highest BCUT2D eigenvalue weighted by Crippen LogP contribution is 2.27. The normalized spacial score (nSPS) is 10.8. The monoisotopic (exact) mass is 365 g/mol. The fourth-order valence-electron chi connectivity index (χ4n) is 2.68. The molecule has 0 atom stereocenters. The van der Waals surface area contributed by atoms with Crippen molar-refractivity contribution in [3.63, 3.8) is 0 Å². The van der Waals surface area contributed by atoms with Gasteiger partial charge >= 0.3 is 0 Å². The number of anilines is 1. The summed E-state index contributed by atoms with van der Waals surface area (Å²) < 4.78 is 14.7. The standard InChI is InChI=1S/C20H13ClFN3O/c21-17-4-2-1-3-16(17)13-5-10-19-24-18(12-25(19)11-13)20(26)23-15-8-6-14(22)7-9-15/h1-12H,(H,23,26). The molecular weight excluding hydrogens is 353 g/mol. The number of hydrogen-bond donors (Lipinski definition) is 1. The molecule has 0 saturated heterocycles. The summed E-state index contributed by atoms with van der Waals surface area (Å²) in [6, 6.07) is 16.9. The van der Waals surface area contributed by atoms with Gasteiger partial charge in [0, 0.05) is 28.7 Å². The summed E-state index contributed by atoms with van der Waals surface area (Å²) in [5.41, 5.74) is 3.24. The summed E-state index contributed by atoms with van der Waals surface area (Å²) >= 11 is 6.25. The quantitative estimate of drug-likeness (QED) is 0.552. The fraction of sp³-hybridized carbons (Fsp3) is 0. The Balaban J connectivity index is 1.64. The molecule has 0 fully saturated rings. The van der Waals surface area contributed by atoms with Crippen LogP contribution in [0.3, 0.4) is 0 Å². The summed E-state index contributed by atoms with van der Waals surface area (Å²) in [5.74, 6) is -0.720. The zero-order valence-electron chi connectivity index (χ0n) is 13.5. The molecule has 6 heteroatoms. The molecule has 4 rings (SSSR count). The van der Waals surface area contributed by atoms with Gasteiger partial charge in [0.05, 0.1) is 0 Å². The molecule has 0 bridgehead atoms. The van der Waals surface area contributed by atoms with Crippen molar-refractivity contribution in [3.05, 3.63) is 89.6 Å². The van der Waals surface area contributed by atoms with Crippen molar-refractivity contribution in [1.29, 1.82) is 0 Å². The van der Waals surface area contributed by atoms with Gasteiger partial charge in [-0.3, -0.25) is 4.79 Å². The average Bonchev–Trinajstić information content (AvgIpc) is 3.07. The van der Waals surface area contributed by atoms with Crippen molar-refractivity contribution in [1.82, 2.24) is 9.38 Å². The first kappa shape index (κ1) is 16.3. The van der Waals surface area contributed by atoms with Gasteiger partial charge in [0.25, 0.3) is 5.91 Å². The molecule has 0 radical (unpaired) electrons. The van der Waals surface area contributed by atoms with Crippen molar-refractivity contribution in [3.8, 4) is 11.1 Å². The van der Waals surface area contributed by atoms with Gasteiger partial charge < -0.3 is 9.72 Å². The van der Waals surface area contributed by atoms with E-state index in [0.717, 1.165) is 11.1 Å². The van der Waals surface area contributed by atoms with Crippen LogP contribution in [0.2, 0.25) is 5.02 Å². The largest absolute Gasteiger partial charge is 0.321 e. The van der Waals surface area contributed by atoms with Crippen molar-refractivity contribution in [2.45, 2.75) is 0 Å². The van der Waals surface area contributed by atoms with Crippen molar-refractivity contribution in [2.75, 3.05) is 5.32 Å². The molecule has 0 unspecified atom stereocenters. The van der Waals surface area contributed by atoms with Gasteiger partial charge in [-0.05, 0) is 48.0 Å². The van der Waals surface area contributed by atoms with Gasteiger partial charge in [-0.25, -0.2) is 9.37 Å². The number of aromatic nitrogens is 2. The Morgan fingerprint density at radius 2 is 1.77 bits per heavy atom. The van der Waals surface area contributed by atoms with Crippen molar-refractivity contribution >= 4 is 28.8 Å². The lowest BCUT2D eigenvalue weighted by atomic mass is 10.1. The number of benzene rings is 2. The van der Waals surface area contributed by atoms with Crippen LogP contribution in [0.25, 0.3) is 16.8 Å². The maximum atomic E-state index is 13.0. The highest BCUT2D eigenvalue weighted by atomic mass is 35.5. The van der Waals surface area contributed by atoms with Crippen LogP contribution in [0.1, 0.15) is 10.5 Å². The zero-order chi connectivity index (χ0) is 18.1. The summed E-state index contributed by atoms with van der Waals surface area (Å²) in [7, 11) is 0. The number of carbonyl (C=O) groups excluding carboxylic acids is 1. The van der Waals surface area contributed by atoms with Crippen LogP contribution in [-0.4, -0.2) is 15.3 Å². The second-order valence-electron chi connectivity index (χ2n) is 5.75. The highest BCUT2D eigenvalue weighted by Gasteiger charge is 2.12. The molecule has 0 aliphatic rings. The first-order valence-electron chi connectivity index (χ1n) is 7.91. The molecule has 2 aromatic carbocycles. The van der Waals surface area contributed by atoms with E-state index in [1.165, 1.54) is 24.3 Å². The van der Waals surface area contributed by atoms with E-state index in [9.17, 15) is 9.18 Å². The van der Waals surface area contributed by atoms with Gasteiger partial charge in [0.15, 0.2) is 0 Å². The molecule has 4 aromatic rings. The fourth-order valence-corrected chi connectivity index (χ4v) is 2.93.